The normalized spacial score (nSPS) is 10.2. The van der Waals surface area contributed by atoms with E-state index in [4.69, 9.17) is 14.2 Å². The largest absolute Gasteiger partial charge is 0.497 e. The molecule has 0 atom stereocenters. The highest BCUT2D eigenvalue weighted by Crippen LogP contribution is 2.19. The smallest absolute Gasteiger partial charge is 0.220 e. The minimum Gasteiger partial charge on any atom is -0.497 e. The standard InChI is InChI=1S/C21H27NO4/c1-24-18-11-13-19(14-12-18)26-16-6-10-21(23)22-15-5-8-17-7-3-4-9-20(17)25-2/h3-4,7,9,11-14H,5-6,8,10,15-16H2,1-2H3,(H,22,23). The Balaban J connectivity index is 1.56. The van der Waals surface area contributed by atoms with Gasteiger partial charge in [-0.25, -0.2) is 0 Å². The Kier molecular flexibility index (Phi) is 8.33. The molecule has 1 amide bonds. The number of benzene rings is 2. The SMILES string of the molecule is COc1ccc(OCCCC(=O)NCCCc2ccccc2OC)cc1. The molecule has 2 rings (SSSR count). The molecule has 0 saturated heterocycles. The number of hydrogen-bond acceptors (Lipinski definition) is 4. The maximum Gasteiger partial charge on any atom is 0.220 e. The van der Waals surface area contributed by atoms with Gasteiger partial charge < -0.3 is 19.5 Å². The summed E-state index contributed by atoms with van der Waals surface area (Å²) in [7, 11) is 3.31. The van der Waals surface area contributed by atoms with Gasteiger partial charge in [0, 0.05) is 13.0 Å². The Bertz CT molecular complexity index is 670. The van der Waals surface area contributed by atoms with Gasteiger partial charge in [0.1, 0.15) is 17.2 Å². The Morgan fingerprint density at radius 3 is 2.38 bits per heavy atom. The number of ether oxygens (including phenoxy) is 3. The van der Waals surface area contributed by atoms with E-state index in [1.54, 1.807) is 14.2 Å². The second-order valence-corrected chi connectivity index (χ2v) is 5.89. The molecule has 2 aromatic carbocycles. The van der Waals surface area contributed by atoms with Gasteiger partial charge in [-0.2, -0.15) is 0 Å². The minimum atomic E-state index is 0.0587. The van der Waals surface area contributed by atoms with Gasteiger partial charge in [-0.1, -0.05) is 18.2 Å². The van der Waals surface area contributed by atoms with Gasteiger partial charge in [0.2, 0.25) is 5.91 Å². The molecule has 5 nitrogen and oxygen atoms in total. The topological polar surface area (TPSA) is 56.8 Å². The molecular weight excluding hydrogens is 330 g/mol. The number of carbonyl (C=O) groups is 1. The van der Waals surface area contributed by atoms with Crippen LogP contribution in [0.3, 0.4) is 0 Å². The quantitative estimate of drug-likeness (QED) is 0.624. The zero-order valence-corrected chi connectivity index (χ0v) is 15.5. The summed E-state index contributed by atoms with van der Waals surface area (Å²) in [6.45, 7) is 1.18. The third-order valence-electron chi connectivity index (χ3n) is 4.01. The summed E-state index contributed by atoms with van der Waals surface area (Å²) in [5.41, 5.74) is 1.16. The Labute approximate surface area is 155 Å². The van der Waals surface area contributed by atoms with Crippen molar-refractivity contribution in [3.63, 3.8) is 0 Å². The summed E-state index contributed by atoms with van der Waals surface area (Å²) < 4.78 is 16.0. The average molecular weight is 357 g/mol. The second-order valence-electron chi connectivity index (χ2n) is 5.89. The van der Waals surface area contributed by atoms with Crippen LogP contribution in [0, 0.1) is 0 Å². The van der Waals surface area contributed by atoms with Gasteiger partial charge in [-0.05, 0) is 55.2 Å². The summed E-state index contributed by atoms with van der Waals surface area (Å²) in [5.74, 6) is 2.53. The summed E-state index contributed by atoms with van der Waals surface area (Å²) in [6, 6.07) is 15.4. The van der Waals surface area contributed by atoms with E-state index in [-0.39, 0.29) is 5.91 Å². The van der Waals surface area contributed by atoms with E-state index in [1.807, 2.05) is 42.5 Å². The number of methoxy groups -OCH3 is 2. The summed E-state index contributed by atoms with van der Waals surface area (Å²) in [6.07, 6.45) is 2.91. The summed E-state index contributed by atoms with van der Waals surface area (Å²) in [4.78, 5) is 11.9. The Morgan fingerprint density at radius 1 is 0.923 bits per heavy atom. The van der Waals surface area contributed by atoms with E-state index in [2.05, 4.69) is 11.4 Å². The van der Waals surface area contributed by atoms with Crippen LogP contribution in [-0.2, 0) is 11.2 Å². The fraction of sp³-hybridized carbons (Fsp3) is 0.381. The van der Waals surface area contributed by atoms with Crippen molar-refractivity contribution in [3.05, 3.63) is 54.1 Å². The third-order valence-corrected chi connectivity index (χ3v) is 4.01. The van der Waals surface area contributed by atoms with E-state index in [1.165, 1.54) is 0 Å². The first-order chi connectivity index (χ1) is 12.7. The Morgan fingerprint density at radius 2 is 1.65 bits per heavy atom. The lowest BCUT2D eigenvalue weighted by atomic mass is 10.1. The molecule has 2 aromatic rings. The molecule has 0 fully saturated rings. The predicted octanol–water partition coefficient (Wildman–Crippen LogP) is 3.61. The fourth-order valence-electron chi connectivity index (χ4n) is 2.60. The average Bonchev–Trinajstić information content (AvgIpc) is 2.69. The van der Waals surface area contributed by atoms with Crippen LogP contribution >= 0.6 is 0 Å². The number of aryl methyl sites for hydroxylation is 1. The molecule has 26 heavy (non-hydrogen) atoms. The van der Waals surface area contributed by atoms with Crippen molar-refractivity contribution in [2.24, 2.45) is 0 Å². The monoisotopic (exact) mass is 357 g/mol. The molecule has 0 aliphatic carbocycles. The molecule has 0 saturated carbocycles. The lowest BCUT2D eigenvalue weighted by Gasteiger charge is -2.09. The van der Waals surface area contributed by atoms with E-state index in [0.717, 1.165) is 35.7 Å². The van der Waals surface area contributed by atoms with Crippen LogP contribution in [0.15, 0.2) is 48.5 Å². The van der Waals surface area contributed by atoms with Crippen LogP contribution in [-0.4, -0.2) is 33.3 Å². The molecule has 1 N–H and O–H groups in total. The van der Waals surface area contributed by atoms with Crippen molar-refractivity contribution >= 4 is 5.91 Å². The molecule has 140 valence electrons. The van der Waals surface area contributed by atoms with Crippen molar-refractivity contribution in [1.82, 2.24) is 5.32 Å². The third kappa shape index (κ3) is 6.67. The van der Waals surface area contributed by atoms with Crippen molar-refractivity contribution in [2.75, 3.05) is 27.4 Å². The molecule has 0 bridgehead atoms. The first-order valence-corrected chi connectivity index (χ1v) is 8.88. The number of hydrogen-bond donors (Lipinski definition) is 1. The molecule has 0 aromatic heterocycles. The zero-order chi connectivity index (χ0) is 18.6. The highest BCUT2D eigenvalue weighted by molar-refractivity contribution is 5.75. The molecule has 5 heteroatoms. The van der Waals surface area contributed by atoms with Crippen LogP contribution in [0.4, 0.5) is 0 Å². The van der Waals surface area contributed by atoms with Crippen molar-refractivity contribution in [2.45, 2.75) is 25.7 Å². The van der Waals surface area contributed by atoms with Crippen molar-refractivity contribution < 1.29 is 19.0 Å². The zero-order valence-electron chi connectivity index (χ0n) is 15.5. The first kappa shape index (κ1) is 19.6. The lowest BCUT2D eigenvalue weighted by molar-refractivity contribution is -0.121. The maximum atomic E-state index is 11.9. The van der Waals surface area contributed by atoms with E-state index in [9.17, 15) is 4.79 Å². The predicted molar refractivity (Wildman–Crippen MR) is 102 cm³/mol. The highest BCUT2D eigenvalue weighted by atomic mass is 16.5. The number of rotatable bonds is 11. The molecular formula is C21H27NO4. The van der Waals surface area contributed by atoms with Gasteiger partial charge in [0.15, 0.2) is 0 Å². The second kappa shape index (κ2) is 11.0. The summed E-state index contributed by atoms with van der Waals surface area (Å²) in [5, 5.41) is 2.95. The molecule has 0 heterocycles. The van der Waals surface area contributed by atoms with E-state index >= 15 is 0 Å². The van der Waals surface area contributed by atoms with Gasteiger partial charge in [0.25, 0.3) is 0 Å². The van der Waals surface area contributed by atoms with Crippen LogP contribution in [0.25, 0.3) is 0 Å². The summed E-state index contributed by atoms with van der Waals surface area (Å²) >= 11 is 0. The minimum absolute atomic E-state index is 0.0587. The van der Waals surface area contributed by atoms with Gasteiger partial charge >= 0.3 is 0 Å². The molecule has 0 spiro atoms. The van der Waals surface area contributed by atoms with Crippen LogP contribution < -0.4 is 19.5 Å². The first-order valence-electron chi connectivity index (χ1n) is 8.88. The van der Waals surface area contributed by atoms with Crippen molar-refractivity contribution in [1.29, 1.82) is 0 Å². The molecule has 0 aliphatic heterocycles. The van der Waals surface area contributed by atoms with Crippen molar-refractivity contribution in [3.8, 4) is 17.2 Å². The number of amides is 1. The molecule has 0 radical (unpaired) electrons. The van der Waals surface area contributed by atoms with Crippen LogP contribution in [0.2, 0.25) is 0 Å². The van der Waals surface area contributed by atoms with Gasteiger partial charge in [-0.3, -0.25) is 4.79 Å². The number of carbonyl (C=O) groups excluding carboxylic acids is 1. The van der Waals surface area contributed by atoms with Gasteiger partial charge in [-0.15, -0.1) is 0 Å². The maximum absolute atomic E-state index is 11.9. The van der Waals surface area contributed by atoms with E-state index < -0.39 is 0 Å². The number of nitrogens with one attached hydrogen (secondary N) is 1. The fourth-order valence-corrected chi connectivity index (χ4v) is 2.60. The number of para-hydroxylation sites is 1. The molecule has 0 unspecified atom stereocenters. The van der Waals surface area contributed by atoms with Crippen LogP contribution in [0.5, 0.6) is 17.2 Å². The lowest BCUT2D eigenvalue weighted by Crippen LogP contribution is -2.24. The highest BCUT2D eigenvalue weighted by Gasteiger charge is 2.04. The van der Waals surface area contributed by atoms with E-state index in [0.29, 0.717) is 26.0 Å². The van der Waals surface area contributed by atoms with Gasteiger partial charge in [0.05, 0.1) is 20.8 Å². The molecule has 0 aliphatic rings. The van der Waals surface area contributed by atoms with Crippen LogP contribution in [0.1, 0.15) is 24.8 Å². The Hall–Kier alpha value is -2.69.